The topological polar surface area (TPSA) is 32.8 Å². The van der Waals surface area contributed by atoms with Crippen molar-refractivity contribution in [3.8, 4) is 5.75 Å². The van der Waals surface area contributed by atoms with Gasteiger partial charge in [0.25, 0.3) is 5.91 Å². The smallest absolute Gasteiger partial charge is 0.276 e. The number of nitrogens with zero attached hydrogens (tertiary/aromatic N) is 2. The van der Waals surface area contributed by atoms with Crippen LogP contribution in [0.25, 0.3) is 6.08 Å². The molecule has 0 radical (unpaired) electrons. The van der Waals surface area contributed by atoms with Crippen LogP contribution in [0.4, 0.5) is 0 Å². The molecule has 0 atom stereocenters. The maximum absolute atomic E-state index is 12.6. The fourth-order valence-electron chi connectivity index (χ4n) is 2.74. The zero-order valence-corrected chi connectivity index (χ0v) is 17.0. The average molecular weight is 431 g/mol. The van der Waals surface area contributed by atoms with Gasteiger partial charge in [0.1, 0.15) is 18.1 Å². The number of rotatable bonds is 5. The zero-order valence-electron chi connectivity index (χ0n) is 14.6. The molecule has 3 rings (SSSR count). The van der Waals surface area contributed by atoms with Crippen LogP contribution >= 0.6 is 28.1 Å². The zero-order chi connectivity index (χ0) is 18.7. The SMILES string of the molecule is CCN1C(=O)/C(=C/c2cc(Br)ccc2OCc2ccccc2)N(C)C1=S. The molecule has 0 N–H and O–H groups in total. The third-order valence-electron chi connectivity index (χ3n) is 4.16. The number of thiocarbonyl (C=S) groups is 1. The number of benzene rings is 2. The van der Waals surface area contributed by atoms with Gasteiger partial charge in [-0.3, -0.25) is 9.69 Å². The molecule has 0 bridgehead atoms. The van der Waals surface area contributed by atoms with E-state index in [0.29, 0.717) is 29.7 Å². The van der Waals surface area contributed by atoms with Crippen LogP contribution in [0.5, 0.6) is 5.75 Å². The highest BCUT2D eigenvalue weighted by molar-refractivity contribution is 9.10. The third-order valence-corrected chi connectivity index (χ3v) is 5.15. The number of carbonyl (C=O) groups is 1. The molecule has 1 fully saturated rings. The Morgan fingerprint density at radius 3 is 2.58 bits per heavy atom. The number of halogens is 1. The molecule has 134 valence electrons. The first-order valence-electron chi connectivity index (χ1n) is 8.28. The average Bonchev–Trinajstić information content (AvgIpc) is 2.85. The van der Waals surface area contributed by atoms with Crippen LogP contribution in [0.2, 0.25) is 0 Å². The Morgan fingerprint density at radius 1 is 1.19 bits per heavy atom. The first-order valence-corrected chi connectivity index (χ1v) is 9.49. The molecule has 1 heterocycles. The minimum absolute atomic E-state index is 0.0889. The van der Waals surface area contributed by atoms with E-state index in [4.69, 9.17) is 17.0 Å². The van der Waals surface area contributed by atoms with E-state index in [9.17, 15) is 4.79 Å². The highest BCUT2D eigenvalue weighted by Gasteiger charge is 2.34. The van der Waals surface area contributed by atoms with Crippen LogP contribution in [-0.4, -0.2) is 34.4 Å². The molecule has 1 amide bonds. The van der Waals surface area contributed by atoms with Gasteiger partial charge >= 0.3 is 0 Å². The Kier molecular flexibility index (Phi) is 5.74. The van der Waals surface area contributed by atoms with E-state index in [-0.39, 0.29) is 5.91 Å². The molecule has 2 aromatic rings. The highest BCUT2D eigenvalue weighted by atomic mass is 79.9. The van der Waals surface area contributed by atoms with Gasteiger partial charge in [0, 0.05) is 23.6 Å². The fourth-order valence-corrected chi connectivity index (χ4v) is 3.43. The van der Waals surface area contributed by atoms with Crippen molar-refractivity contribution in [1.29, 1.82) is 0 Å². The Balaban J connectivity index is 1.91. The van der Waals surface area contributed by atoms with Gasteiger partial charge in [-0.25, -0.2) is 0 Å². The molecule has 0 aromatic heterocycles. The number of hydrogen-bond donors (Lipinski definition) is 0. The number of ether oxygens (including phenoxy) is 1. The van der Waals surface area contributed by atoms with Crippen molar-refractivity contribution in [3.63, 3.8) is 0 Å². The van der Waals surface area contributed by atoms with Crippen molar-refractivity contribution in [3.05, 3.63) is 69.8 Å². The van der Waals surface area contributed by atoms with Crippen LogP contribution < -0.4 is 4.74 Å². The number of carbonyl (C=O) groups excluding carboxylic acids is 1. The van der Waals surface area contributed by atoms with Crippen LogP contribution in [0.3, 0.4) is 0 Å². The van der Waals surface area contributed by atoms with Gasteiger partial charge in [-0.15, -0.1) is 0 Å². The molecule has 0 aliphatic carbocycles. The summed E-state index contributed by atoms with van der Waals surface area (Å²) in [4.78, 5) is 15.9. The lowest BCUT2D eigenvalue weighted by Crippen LogP contribution is -2.30. The van der Waals surface area contributed by atoms with E-state index in [2.05, 4.69) is 15.9 Å². The first-order chi connectivity index (χ1) is 12.5. The van der Waals surface area contributed by atoms with Crippen molar-refractivity contribution in [2.24, 2.45) is 0 Å². The van der Waals surface area contributed by atoms with Crippen LogP contribution in [0.1, 0.15) is 18.1 Å². The molecule has 0 unspecified atom stereocenters. The van der Waals surface area contributed by atoms with Gasteiger partial charge < -0.3 is 9.64 Å². The Bertz CT molecular complexity index is 867. The lowest BCUT2D eigenvalue weighted by molar-refractivity contribution is -0.122. The summed E-state index contributed by atoms with van der Waals surface area (Å²) in [6, 6.07) is 15.7. The number of likely N-dealkylation sites (N-methyl/N-ethyl adjacent to an activating group) is 2. The molecule has 0 spiro atoms. The van der Waals surface area contributed by atoms with E-state index >= 15 is 0 Å². The molecule has 2 aromatic carbocycles. The fraction of sp³-hybridized carbons (Fsp3) is 0.200. The molecule has 1 saturated heterocycles. The van der Waals surface area contributed by atoms with Gasteiger partial charge in [0.2, 0.25) is 0 Å². The normalized spacial score (nSPS) is 15.9. The third kappa shape index (κ3) is 3.81. The molecular weight excluding hydrogens is 412 g/mol. The molecule has 0 saturated carbocycles. The van der Waals surface area contributed by atoms with Gasteiger partial charge in [-0.05, 0) is 49.0 Å². The number of amides is 1. The summed E-state index contributed by atoms with van der Waals surface area (Å²) in [5.74, 6) is 0.626. The summed E-state index contributed by atoms with van der Waals surface area (Å²) in [5.41, 5.74) is 2.45. The summed E-state index contributed by atoms with van der Waals surface area (Å²) in [5, 5.41) is 0.519. The van der Waals surface area contributed by atoms with Crippen molar-refractivity contribution < 1.29 is 9.53 Å². The molecule has 1 aliphatic rings. The van der Waals surface area contributed by atoms with Crippen LogP contribution in [0.15, 0.2) is 58.7 Å². The van der Waals surface area contributed by atoms with Crippen molar-refractivity contribution in [2.45, 2.75) is 13.5 Å². The second-order valence-electron chi connectivity index (χ2n) is 5.88. The van der Waals surface area contributed by atoms with E-state index in [1.54, 1.807) is 9.80 Å². The van der Waals surface area contributed by atoms with Gasteiger partial charge in [-0.2, -0.15) is 0 Å². The summed E-state index contributed by atoms with van der Waals surface area (Å²) in [6.45, 7) is 2.92. The van der Waals surface area contributed by atoms with E-state index in [0.717, 1.165) is 15.6 Å². The highest BCUT2D eigenvalue weighted by Crippen LogP contribution is 2.29. The lowest BCUT2D eigenvalue weighted by atomic mass is 10.1. The molecular formula is C20H19BrN2O2S. The second kappa shape index (κ2) is 8.01. The van der Waals surface area contributed by atoms with Crippen molar-refractivity contribution >= 4 is 45.2 Å². The minimum atomic E-state index is -0.0889. The maximum atomic E-state index is 12.6. The summed E-state index contributed by atoms with van der Waals surface area (Å²) < 4.78 is 6.91. The Morgan fingerprint density at radius 2 is 1.92 bits per heavy atom. The van der Waals surface area contributed by atoms with Crippen LogP contribution in [0, 0.1) is 0 Å². The lowest BCUT2D eigenvalue weighted by Gasteiger charge is -2.14. The Labute approximate surface area is 167 Å². The van der Waals surface area contributed by atoms with Crippen molar-refractivity contribution in [2.75, 3.05) is 13.6 Å². The molecule has 6 heteroatoms. The van der Waals surface area contributed by atoms with E-state index in [1.165, 1.54) is 0 Å². The first kappa shape index (κ1) is 18.6. The maximum Gasteiger partial charge on any atom is 0.276 e. The Hall–Kier alpha value is -2.18. The second-order valence-corrected chi connectivity index (χ2v) is 7.16. The standard InChI is InChI=1S/C20H19BrN2O2S/c1-3-23-19(24)17(22(2)20(23)26)12-15-11-16(21)9-10-18(15)25-13-14-7-5-4-6-8-14/h4-12H,3,13H2,1-2H3/b17-12-. The predicted octanol–water partition coefficient (Wildman–Crippen LogP) is 4.45. The number of hydrogen-bond acceptors (Lipinski definition) is 3. The summed E-state index contributed by atoms with van der Waals surface area (Å²) >= 11 is 8.85. The van der Waals surface area contributed by atoms with Crippen molar-refractivity contribution in [1.82, 2.24) is 9.80 Å². The van der Waals surface area contributed by atoms with Crippen LogP contribution in [-0.2, 0) is 11.4 Å². The minimum Gasteiger partial charge on any atom is -0.488 e. The predicted molar refractivity (Wildman–Crippen MR) is 111 cm³/mol. The molecule has 4 nitrogen and oxygen atoms in total. The quantitative estimate of drug-likeness (QED) is 0.518. The monoisotopic (exact) mass is 430 g/mol. The van der Waals surface area contributed by atoms with E-state index in [1.807, 2.05) is 68.6 Å². The molecule has 26 heavy (non-hydrogen) atoms. The van der Waals surface area contributed by atoms with Gasteiger partial charge in [-0.1, -0.05) is 46.3 Å². The van der Waals surface area contributed by atoms with E-state index < -0.39 is 0 Å². The summed E-state index contributed by atoms with van der Waals surface area (Å²) in [7, 11) is 1.81. The van der Waals surface area contributed by atoms with Gasteiger partial charge in [0.15, 0.2) is 5.11 Å². The van der Waals surface area contributed by atoms with Gasteiger partial charge in [0.05, 0.1) is 0 Å². The summed E-state index contributed by atoms with van der Waals surface area (Å²) in [6.07, 6.45) is 1.83. The molecule has 1 aliphatic heterocycles. The largest absolute Gasteiger partial charge is 0.488 e.